The Labute approximate surface area is 100 Å². The molecule has 1 aromatic rings. The lowest BCUT2D eigenvalue weighted by Crippen LogP contribution is -2.39. The number of nitrogens with zero attached hydrogens (tertiary/aromatic N) is 2. The lowest BCUT2D eigenvalue weighted by Gasteiger charge is -2.27. The highest BCUT2D eigenvalue weighted by molar-refractivity contribution is 5.79. The van der Waals surface area contributed by atoms with Gasteiger partial charge in [0.25, 0.3) is 5.91 Å². The second-order valence-electron chi connectivity index (χ2n) is 4.81. The van der Waals surface area contributed by atoms with Gasteiger partial charge in [0.15, 0.2) is 0 Å². The number of nitrogens with one attached hydrogen (secondary N) is 1. The van der Waals surface area contributed by atoms with Crippen LogP contribution in [0.1, 0.15) is 43.8 Å². The third-order valence-electron chi connectivity index (χ3n) is 3.64. The Morgan fingerprint density at radius 2 is 2.29 bits per heavy atom. The molecule has 1 aliphatic carbocycles. The molecule has 1 aliphatic heterocycles. The molecule has 0 aromatic carbocycles. The first-order valence-corrected chi connectivity index (χ1v) is 6.32. The van der Waals surface area contributed by atoms with Gasteiger partial charge in [0.2, 0.25) is 0 Å². The lowest BCUT2D eigenvalue weighted by atomic mass is 9.97. The molecule has 1 amide bonds. The molecule has 1 atom stereocenters. The summed E-state index contributed by atoms with van der Waals surface area (Å²) in [5.74, 6) is -0.0680. The van der Waals surface area contributed by atoms with Crippen molar-refractivity contribution in [2.24, 2.45) is 0 Å². The Morgan fingerprint density at radius 1 is 1.41 bits per heavy atom. The van der Waals surface area contributed by atoms with E-state index < -0.39 is 0 Å². The van der Waals surface area contributed by atoms with Gasteiger partial charge in [-0.1, -0.05) is 0 Å². The molecule has 1 unspecified atom stereocenters. The fourth-order valence-electron chi connectivity index (χ4n) is 2.36. The average Bonchev–Trinajstić information content (AvgIpc) is 2.74. The quantitative estimate of drug-likeness (QED) is 0.805. The van der Waals surface area contributed by atoms with Crippen molar-refractivity contribution in [3.63, 3.8) is 0 Å². The smallest absolute Gasteiger partial charge is 0.268 e. The summed E-state index contributed by atoms with van der Waals surface area (Å²) in [7, 11) is 0. The van der Waals surface area contributed by atoms with E-state index in [0.29, 0.717) is 0 Å². The molecule has 17 heavy (non-hydrogen) atoms. The van der Waals surface area contributed by atoms with E-state index in [9.17, 15) is 4.79 Å². The van der Waals surface area contributed by atoms with Gasteiger partial charge >= 0.3 is 0 Å². The van der Waals surface area contributed by atoms with Crippen LogP contribution in [0.3, 0.4) is 0 Å². The highest BCUT2D eigenvalue weighted by Crippen LogP contribution is 2.25. The van der Waals surface area contributed by atoms with Gasteiger partial charge in [-0.15, -0.1) is 0 Å². The van der Waals surface area contributed by atoms with Crippen molar-refractivity contribution in [2.75, 3.05) is 0 Å². The largest absolute Gasteiger partial charge is 0.270 e. The van der Waals surface area contributed by atoms with Gasteiger partial charge < -0.3 is 0 Å². The van der Waals surface area contributed by atoms with E-state index >= 15 is 0 Å². The van der Waals surface area contributed by atoms with Gasteiger partial charge in [0, 0.05) is 11.9 Å². The molecule has 1 aromatic heterocycles. The van der Waals surface area contributed by atoms with E-state index in [0.717, 1.165) is 37.8 Å². The molecule has 0 radical (unpaired) electrons. The number of aromatic nitrogens is 2. The molecule has 1 saturated carbocycles. The zero-order valence-electron chi connectivity index (χ0n) is 9.76. The molecule has 0 spiro atoms. The maximum atomic E-state index is 12.0. The number of hydrogen-bond acceptors (Lipinski definition) is 3. The van der Waals surface area contributed by atoms with Gasteiger partial charge in [0.1, 0.15) is 6.04 Å². The van der Waals surface area contributed by atoms with E-state index in [-0.39, 0.29) is 18.1 Å². The highest BCUT2D eigenvalue weighted by Gasteiger charge is 2.28. The van der Waals surface area contributed by atoms with E-state index in [1.54, 1.807) is 6.20 Å². The summed E-state index contributed by atoms with van der Waals surface area (Å²) in [6.07, 6.45) is 8.17. The highest BCUT2D eigenvalue weighted by atomic mass is 16.7. The van der Waals surface area contributed by atoms with Crippen LogP contribution < -0.4 is 5.48 Å². The molecule has 1 N–H and O–H groups in total. The van der Waals surface area contributed by atoms with E-state index in [1.165, 1.54) is 6.42 Å². The SMILES string of the molecule is O=C(NOC1CCC1)C1CCCc2ccnn21. The fourth-order valence-corrected chi connectivity index (χ4v) is 2.36. The van der Waals surface area contributed by atoms with Crippen molar-refractivity contribution >= 4 is 5.91 Å². The number of carbonyl (C=O) groups excluding carboxylic acids is 1. The summed E-state index contributed by atoms with van der Waals surface area (Å²) in [5.41, 5.74) is 3.72. The first-order chi connectivity index (χ1) is 8.34. The minimum absolute atomic E-state index is 0.0680. The van der Waals surface area contributed by atoms with Crippen LogP contribution >= 0.6 is 0 Å². The molecule has 92 valence electrons. The molecular formula is C12H17N3O2. The van der Waals surface area contributed by atoms with Crippen LogP contribution in [0.15, 0.2) is 12.3 Å². The maximum Gasteiger partial charge on any atom is 0.268 e. The zero-order valence-corrected chi connectivity index (χ0v) is 9.76. The van der Waals surface area contributed by atoms with Crippen LogP contribution in [-0.4, -0.2) is 21.8 Å². The summed E-state index contributed by atoms with van der Waals surface area (Å²) in [4.78, 5) is 17.4. The van der Waals surface area contributed by atoms with Crippen LogP contribution in [0, 0.1) is 0 Å². The Bertz CT molecular complexity index is 412. The standard InChI is InChI=1S/C12H17N3O2/c16-12(14-17-10-4-2-5-10)11-6-1-3-9-7-8-13-15(9)11/h7-8,10-11H,1-6H2,(H,14,16). The molecule has 2 heterocycles. The fraction of sp³-hybridized carbons (Fsp3) is 0.667. The first-order valence-electron chi connectivity index (χ1n) is 6.32. The summed E-state index contributed by atoms with van der Waals surface area (Å²) in [6.45, 7) is 0. The second kappa shape index (κ2) is 4.49. The van der Waals surface area contributed by atoms with Crippen LogP contribution in [0.4, 0.5) is 0 Å². The number of hydroxylamine groups is 1. The van der Waals surface area contributed by atoms with Crippen molar-refractivity contribution < 1.29 is 9.63 Å². The molecule has 0 bridgehead atoms. The average molecular weight is 235 g/mol. The van der Waals surface area contributed by atoms with Crippen LogP contribution in [-0.2, 0) is 16.1 Å². The normalized spacial score (nSPS) is 23.9. The van der Waals surface area contributed by atoms with Crippen molar-refractivity contribution in [3.8, 4) is 0 Å². The first kappa shape index (κ1) is 10.8. The number of hydrogen-bond donors (Lipinski definition) is 1. The monoisotopic (exact) mass is 235 g/mol. The Hall–Kier alpha value is -1.36. The number of carbonyl (C=O) groups is 1. The van der Waals surface area contributed by atoms with Crippen LogP contribution in [0.25, 0.3) is 0 Å². The van der Waals surface area contributed by atoms with Gasteiger partial charge in [-0.3, -0.25) is 14.3 Å². The van der Waals surface area contributed by atoms with Crippen LogP contribution in [0.5, 0.6) is 0 Å². The van der Waals surface area contributed by atoms with Gasteiger partial charge in [-0.2, -0.15) is 5.10 Å². The molecule has 2 aliphatic rings. The third kappa shape index (κ3) is 2.07. The molecule has 5 heteroatoms. The summed E-state index contributed by atoms with van der Waals surface area (Å²) < 4.78 is 1.82. The Balaban J connectivity index is 1.62. The summed E-state index contributed by atoms with van der Waals surface area (Å²) in [6, 6.07) is 1.78. The second-order valence-corrected chi connectivity index (χ2v) is 4.81. The zero-order chi connectivity index (χ0) is 11.7. The van der Waals surface area contributed by atoms with Gasteiger partial charge in [-0.25, -0.2) is 5.48 Å². The van der Waals surface area contributed by atoms with Crippen molar-refractivity contribution in [3.05, 3.63) is 18.0 Å². The minimum Gasteiger partial charge on any atom is -0.270 e. The molecule has 5 nitrogen and oxygen atoms in total. The van der Waals surface area contributed by atoms with Crippen molar-refractivity contribution in [1.29, 1.82) is 0 Å². The number of rotatable bonds is 3. The Morgan fingerprint density at radius 3 is 3.06 bits per heavy atom. The van der Waals surface area contributed by atoms with Gasteiger partial charge in [-0.05, 0) is 44.6 Å². The van der Waals surface area contributed by atoms with Crippen molar-refractivity contribution in [2.45, 2.75) is 50.7 Å². The number of amides is 1. The third-order valence-corrected chi connectivity index (χ3v) is 3.64. The lowest BCUT2D eigenvalue weighted by molar-refractivity contribution is -0.147. The van der Waals surface area contributed by atoms with Gasteiger partial charge in [0.05, 0.1) is 6.10 Å². The summed E-state index contributed by atoms with van der Waals surface area (Å²) in [5, 5.41) is 4.22. The number of fused-ring (bicyclic) bond motifs is 1. The number of aryl methyl sites for hydroxylation is 1. The molecule has 3 rings (SSSR count). The van der Waals surface area contributed by atoms with Crippen molar-refractivity contribution in [1.82, 2.24) is 15.3 Å². The summed E-state index contributed by atoms with van der Waals surface area (Å²) >= 11 is 0. The molecular weight excluding hydrogens is 218 g/mol. The predicted octanol–water partition coefficient (Wildman–Crippen LogP) is 1.36. The van der Waals surface area contributed by atoms with Crippen LogP contribution in [0.2, 0.25) is 0 Å². The predicted molar refractivity (Wildman–Crippen MR) is 61.1 cm³/mol. The topological polar surface area (TPSA) is 56.1 Å². The van der Waals surface area contributed by atoms with E-state index in [4.69, 9.17) is 4.84 Å². The maximum absolute atomic E-state index is 12.0. The van der Waals surface area contributed by atoms with E-state index in [1.807, 2.05) is 10.7 Å². The Kier molecular flexibility index (Phi) is 2.84. The minimum atomic E-state index is -0.200. The molecule has 1 fully saturated rings. The van der Waals surface area contributed by atoms with E-state index in [2.05, 4.69) is 10.6 Å². The molecule has 0 saturated heterocycles.